The number of methoxy groups -OCH3 is 1. The molecule has 0 radical (unpaired) electrons. The molecule has 0 amide bonds. The van der Waals surface area contributed by atoms with Crippen LogP contribution in [-0.2, 0) is 9.53 Å². The molecule has 1 aromatic carbocycles. The van der Waals surface area contributed by atoms with Gasteiger partial charge in [0.2, 0.25) is 0 Å². The highest BCUT2D eigenvalue weighted by atomic mass is 32.2. The molecule has 1 heterocycles. The molecule has 110 valence electrons. The average molecular weight is 298 g/mol. The SMILES string of the molecule is COC(=O)C(COc1cccc(F)c1)C1CCSCC1. The minimum atomic E-state index is -0.341. The summed E-state index contributed by atoms with van der Waals surface area (Å²) in [6.45, 7) is 0.242. The first-order chi connectivity index (χ1) is 9.70. The Kier molecular flexibility index (Phi) is 5.71. The summed E-state index contributed by atoms with van der Waals surface area (Å²) in [4.78, 5) is 11.9. The maximum atomic E-state index is 13.1. The largest absolute Gasteiger partial charge is 0.493 e. The van der Waals surface area contributed by atoms with Crippen LogP contribution in [0.3, 0.4) is 0 Å². The first-order valence-electron chi connectivity index (χ1n) is 6.74. The number of halogens is 1. The molecule has 5 heteroatoms. The Hall–Kier alpha value is -1.23. The molecule has 0 aromatic heterocycles. The van der Waals surface area contributed by atoms with Crippen LogP contribution in [0.4, 0.5) is 4.39 Å². The van der Waals surface area contributed by atoms with Gasteiger partial charge in [-0.15, -0.1) is 0 Å². The van der Waals surface area contributed by atoms with E-state index >= 15 is 0 Å². The van der Waals surface area contributed by atoms with Gasteiger partial charge in [0.25, 0.3) is 0 Å². The minimum Gasteiger partial charge on any atom is -0.493 e. The summed E-state index contributed by atoms with van der Waals surface area (Å²) in [5.74, 6) is 2.02. The second-order valence-electron chi connectivity index (χ2n) is 4.85. The number of hydrogen-bond donors (Lipinski definition) is 0. The van der Waals surface area contributed by atoms with Crippen molar-refractivity contribution in [2.24, 2.45) is 11.8 Å². The molecule has 1 unspecified atom stereocenters. The normalized spacial score (nSPS) is 17.5. The zero-order valence-electron chi connectivity index (χ0n) is 11.5. The van der Waals surface area contributed by atoms with E-state index in [9.17, 15) is 9.18 Å². The minimum absolute atomic E-state index is 0.238. The van der Waals surface area contributed by atoms with Crippen molar-refractivity contribution in [1.29, 1.82) is 0 Å². The van der Waals surface area contributed by atoms with Crippen molar-refractivity contribution in [3.63, 3.8) is 0 Å². The Morgan fingerprint density at radius 2 is 2.20 bits per heavy atom. The molecule has 1 fully saturated rings. The van der Waals surface area contributed by atoms with Crippen molar-refractivity contribution in [1.82, 2.24) is 0 Å². The second-order valence-corrected chi connectivity index (χ2v) is 6.07. The van der Waals surface area contributed by atoms with E-state index < -0.39 is 0 Å². The Balaban J connectivity index is 1.98. The lowest BCUT2D eigenvalue weighted by Gasteiger charge is -2.28. The Morgan fingerprint density at radius 3 is 2.85 bits per heavy atom. The van der Waals surface area contributed by atoms with E-state index in [1.54, 1.807) is 12.1 Å². The van der Waals surface area contributed by atoms with Crippen LogP contribution < -0.4 is 4.74 Å². The molecule has 20 heavy (non-hydrogen) atoms. The molecular formula is C15H19FO3S. The fourth-order valence-electron chi connectivity index (χ4n) is 2.41. The van der Waals surface area contributed by atoms with Crippen LogP contribution in [0.25, 0.3) is 0 Å². The van der Waals surface area contributed by atoms with Gasteiger partial charge in [-0.3, -0.25) is 4.79 Å². The van der Waals surface area contributed by atoms with Crippen LogP contribution in [0.5, 0.6) is 5.75 Å². The maximum absolute atomic E-state index is 13.1. The summed E-state index contributed by atoms with van der Waals surface area (Å²) in [7, 11) is 1.40. The predicted octanol–water partition coefficient (Wildman–Crippen LogP) is 3.14. The van der Waals surface area contributed by atoms with E-state index in [1.165, 1.54) is 19.2 Å². The molecule has 1 aromatic rings. The van der Waals surface area contributed by atoms with Gasteiger partial charge in [-0.25, -0.2) is 4.39 Å². The summed E-state index contributed by atoms with van der Waals surface area (Å²) in [5, 5.41) is 0. The van der Waals surface area contributed by atoms with Crippen molar-refractivity contribution >= 4 is 17.7 Å². The molecule has 0 N–H and O–H groups in total. The van der Waals surface area contributed by atoms with Gasteiger partial charge >= 0.3 is 5.97 Å². The van der Waals surface area contributed by atoms with Gasteiger partial charge in [0.15, 0.2) is 0 Å². The molecule has 1 atom stereocenters. The molecule has 0 saturated carbocycles. The Labute approximate surface area is 122 Å². The van der Waals surface area contributed by atoms with Crippen molar-refractivity contribution < 1.29 is 18.7 Å². The number of hydrogen-bond acceptors (Lipinski definition) is 4. The third kappa shape index (κ3) is 4.13. The van der Waals surface area contributed by atoms with Crippen molar-refractivity contribution in [2.75, 3.05) is 25.2 Å². The first kappa shape index (κ1) is 15.2. The fourth-order valence-corrected chi connectivity index (χ4v) is 3.55. The molecule has 3 nitrogen and oxygen atoms in total. The highest BCUT2D eigenvalue weighted by molar-refractivity contribution is 7.99. The zero-order chi connectivity index (χ0) is 14.4. The number of rotatable bonds is 5. The van der Waals surface area contributed by atoms with Crippen molar-refractivity contribution in [3.8, 4) is 5.75 Å². The second kappa shape index (κ2) is 7.53. The van der Waals surface area contributed by atoms with Crippen LogP contribution in [-0.4, -0.2) is 31.2 Å². The lowest BCUT2D eigenvalue weighted by Crippen LogP contribution is -2.32. The van der Waals surface area contributed by atoms with Crippen LogP contribution in [0.1, 0.15) is 12.8 Å². The quantitative estimate of drug-likeness (QED) is 0.782. The summed E-state index contributed by atoms with van der Waals surface area (Å²) in [6.07, 6.45) is 1.99. The van der Waals surface area contributed by atoms with Crippen LogP contribution in [0, 0.1) is 17.7 Å². The smallest absolute Gasteiger partial charge is 0.312 e. The van der Waals surface area contributed by atoms with E-state index in [2.05, 4.69) is 0 Å². The van der Waals surface area contributed by atoms with Gasteiger partial charge in [0.1, 0.15) is 18.2 Å². The zero-order valence-corrected chi connectivity index (χ0v) is 12.3. The average Bonchev–Trinajstić information content (AvgIpc) is 2.48. The number of esters is 1. The summed E-state index contributed by atoms with van der Waals surface area (Å²) < 4.78 is 23.6. The molecule has 0 bridgehead atoms. The maximum Gasteiger partial charge on any atom is 0.312 e. The molecule has 0 spiro atoms. The topological polar surface area (TPSA) is 35.5 Å². The summed E-state index contributed by atoms with van der Waals surface area (Å²) >= 11 is 1.91. The van der Waals surface area contributed by atoms with Gasteiger partial charge in [-0.2, -0.15) is 11.8 Å². The molecule has 1 saturated heterocycles. The Morgan fingerprint density at radius 1 is 1.45 bits per heavy atom. The lowest BCUT2D eigenvalue weighted by atomic mass is 9.88. The van der Waals surface area contributed by atoms with E-state index in [0.29, 0.717) is 5.75 Å². The number of benzene rings is 1. The molecule has 1 aliphatic heterocycles. The van der Waals surface area contributed by atoms with Gasteiger partial charge in [-0.05, 0) is 42.4 Å². The van der Waals surface area contributed by atoms with E-state index in [-0.39, 0.29) is 30.2 Å². The molecular weight excluding hydrogens is 279 g/mol. The van der Waals surface area contributed by atoms with E-state index in [4.69, 9.17) is 9.47 Å². The van der Waals surface area contributed by atoms with Crippen LogP contribution in [0.2, 0.25) is 0 Å². The van der Waals surface area contributed by atoms with Crippen molar-refractivity contribution in [2.45, 2.75) is 12.8 Å². The first-order valence-corrected chi connectivity index (χ1v) is 7.90. The highest BCUT2D eigenvalue weighted by Crippen LogP contribution is 2.30. The third-order valence-electron chi connectivity index (χ3n) is 3.56. The molecule has 1 aliphatic rings. The number of carbonyl (C=O) groups is 1. The van der Waals surface area contributed by atoms with Crippen LogP contribution in [0.15, 0.2) is 24.3 Å². The lowest BCUT2D eigenvalue weighted by molar-refractivity contribution is -0.148. The van der Waals surface area contributed by atoms with Crippen LogP contribution >= 0.6 is 11.8 Å². The summed E-state index contributed by atoms with van der Waals surface area (Å²) in [6, 6.07) is 5.97. The predicted molar refractivity (Wildman–Crippen MR) is 77.5 cm³/mol. The van der Waals surface area contributed by atoms with E-state index in [1.807, 2.05) is 11.8 Å². The fraction of sp³-hybridized carbons (Fsp3) is 0.533. The number of carbonyl (C=O) groups excluding carboxylic acids is 1. The van der Waals surface area contributed by atoms with Gasteiger partial charge in [-0.1, -0.05) is 6.07 Å². The standard InChI is InChI=1S/C15H19FO3S/c1-18-15(17)14(11-5-7-20-8-6-11)10-19-13-4-2-3-12(16)9-13/h2-4,9,11,14H,5-8,10H2,1H3. The van der Waals surface area contributed by atoms with E-state index in [0.717, 1.165) is 24.3 Å². The third-order valence-corrected chi connectivity index (χ3v) is 4.61. The Bertz CT molecular complexity index is 446. The highest BCUT2D eigenvalue weighted by Gasteiger charge is 2.31. The van der Waals surface area contributed by atoms with Gasteiger partial charge < -0.3 is 9.47 Å². The monoisotopic (exact) mass is 298 g/mol. The number of ether oxygens (including phenoxy) is 2. The molecule has 2 rings (SSSR count). The van der Waals surface area contributed by atoms with Gasteiger partial charge in [0, 0.05) is 6.07 Å². The molecule has 0 aliphatic carbocycles. The summed E-state index contributed by atoms with van der Waals surface area (Å²) in [5.41, 5.74) is 0. The van der Waals surface area contributed by atoms with Gasteiger partial charge in [0.05, 0.1) is 13.0 Å². The number of thioether (sulfide) groups is 1. The van der Waals surface area contributed by atoms with Crippen molar-refractivity contribution in [3.05, 3.63) is 30.1 Å².